The molecule has 0 saturated carbocycles. The largest absolute Gasteiger partial charge is 0.337 e. The highest BCUT2D eigenvalue weighted by atomic mass is 32.2. The van der Waals surface area contributed by atoms with Crippen molar-refractivity contribution in [2.24, 2.45) is 0 Å². The molecule has 0 spiro atoms. The van der Waals surface area contributed by atoms with Crippen molar-refractivity contribution in [2.75, 3.05) is 22.3 Å². The highest BCUT2D eigenvalue weighted by molar-refractivity contribution is 7.92. The second-order valence-corrected chi connectivity index (χ2v) is 7.57. The predicted molar refractivity (Wildman–Crippen MR) is 101 cm³/mol. The summed E-state index contributed by atoms with van der Waals surface area (Å²) < 4.78 is 28.5. The van der Waals surface area contributed by atoms with E-state index in [0.29, 0.717) is 11.4 Å². The molecule has 8 nitrogen and oxygen atoms in total. The quantitative estimate of drug-likeness (QED) is 0.616. The monoisotopic (exact) mass is 373 g/mol. The summed E-state index contributed by atoms with van der Waals surface area (Å²) in [6.07, 6.45) is 3.30. The van der Waals surface area contributed by atoms with Crippen LogP contribution in [0.2, 0.25) is 0 Å². The maximum absolute atomic E-state index is 12.2. The summed E-state index contributed by atoms with van der Waals surface area (Å²) in [5.41, 5.74) is 2.83. The molecule has 2 aromatic heterocycles. The topological polar surface area (TPSA) is 105 Å². The first-order valence-corrected chi connectivity index (χ1v) is 9.62. The summed E-state index contributed by atoms with van der Waals surface area (Å²) in [6, 6.07) is 12.0. The number of amides is 2. The third-order valence-corrected chi connectivity index (χ3v) is 5.01. The molecule has 0 saturated heterocycles. The van der Waals surface area contributed by atoms with E-state index in [9.17, 15) is 13.2 Å². The maximum Gasteiger partial charge on any atom is 0.319 e. The number of fused-ring (bicyclic) bond motifs is 1. The van der Waals surface area contributed by atoms with Gasteiger partial charge in [-0.15, -0.1) is 0 Å². The number of sulfonamides is 1. The number of aromatic nitrogens is 2. The highest BCUT2D eigenvalue weighted by Gasteiger charge is 2.12. The van der Waals surface area contributed by atoms with E-state index < -0.39 is 16.1 Å². The van der Waals surface area contributed by atoms with Crippen molar-refractivity contribution in [3.63, 3.8) is 0 Å². The fourth-order valence-electron chi connectivity index (χ4n) is 2.39. The Morgan fingerprint density at radius 3 is 2.81 bits per heavy atom. The molecule has 2 amide bonds. The van der Waals surface area contributed by atoms with Crippen LogP contribution in [0.4, 0.5) is 16.2 Å². The van der Waals surface area contributed by atoms with Crippen molar-refractivity contribution in [3.8, 4) is 0 Å². The summed E-state index contributed by atoms with van der Waals surface area (Å²) in [4.78, 5) is 11.9. The normalized spacial score (nSPS) is 11.3. The summed E-state index contributed by atoms with van der Waals surface area (Å²) >= 11 is 0. The van der Waals surface area contributed by atoms with Gasteiger partial charge in [-0.3, -0.25) is 4.72 Å². The van der Waals surface area contributed by atoms with Crippen molar-refractivity contribution in [2.45, 2.75) is 6.92 Å². The van der Waals surface area contributed by atoms with E-state index in [1.807, 2.05) is 25.1 Å². The van der Waals surface area contributed by atoms with Gasteiger partial charge in [0.1, 0.15) is 0 Å². The van der Waals surface area contributed by atoms with Crippen molar-refractivity contribution in [1.82, 2.24) is 14.9 Å². The summed E-state index contributed by atoms with van der Waals surface area (Å²) in [7, 11) is -3.59. The lowest BCUT2D eigenvalue weighted by Crippen LogP contribution is -2.34. The molecule has 1 aromatic carbocycles. The molecule has 26 heavy (non-hydrogen) atoms. The average Bonchev–Trinajstić information content (AvgIpc) is 3.04. The molecule has 0 radical (unpaired) electrons. The van der Waals surface area contributed by atoms with Gasteiger partial charge in [-0.2, -0.15) is 5.10 Å². The second-order valence-electron chi connectivity index (χ2n) is 5.73. The van der Waals surface area contributed by atoms with Crippen LogP contribution in [0.3, 0.4) is 0 Å². The van der Waals surface area contributed by atoms with Gasteiger partial charge in [-0.1, -0.05) is 18.2 Å². The molecule has 3 N–H and O–H groups in total. The van der Waals surface area contributed by atoms with E-state index in [2.05, 4.69) is 20.5 Å². The number of anilines is 2. The van der Waals surface area contributed by atoms with Gasteiger partial charge in [0.05, 0.1) is 17.0 Å². The first-order chi connectivity index (χ1) is 12.4. The Kier molecular flexibility index (Phi) is 5.08. The van der Waals surface area contributed by atoms with Gasteiger partial charge in [-0.25, -0.2) is 17.7 Å². The zero-order chi connectivity index (χ0) is 18.6. The molecule has 0 aliphatic rings. The van der Waals surface area contributed by atoms with Crippen molar-refractivity contribution >= 4 is 32.9 Å². The van der Waals surface area contributed by atoms with Crippen LogP contribution in [-0.4, -0.2) is 36.4 Å². The maximum atomic E-state index is 12.2. The van der Waals surface area contributed by atoms with Crippen LogP contribution in [-0.2, 0) is 10.0 Å². The van der Waals surface area contributed by atoms with Gasteiger partial charge in [0, 0.05) is 24.6 Å². The van der Waals surface area contributed by atoms with Crippen LogP contribution in [0, 0.1) is 6.92 Å². The van der Waals surface area contributed by atoms with E-state index >= 15 is 0 Å². The molecule has 0 aliphatic carbocycles. The van der Waals surface area contributed by atoms with E-state index in [1.165, 1.54) is 0 Å². The number of pyridine rings is 1. The molecule has 3 rings (SSSR count). The van der Waals surface area contributed by atoms with Crippen LogP contribution in [0.1, 0.15) is 5.56 Å². The van der Waals surface area contributed by atoms with Gasteiger partial charge >= 0.3 is 6.03 Å². The number of nitrogens with one attached hydrogen (secondary N) is 3. The molecule has 0 aliphatic heterocycles. The Labute approximate surface area is 151 Å². The van der Waals surface area contributed by atoms with Crippen LogP contribution in [0.25, 0.3) is 5.52 Å². The molecular formula is C17H19N5O3S. The van der Waals surface area contributed by atoms with Crippen molar-refractivity contribution in [1.29, 1.82) is 0 Å². The number of carbonyl (C=O) groups excluding carboxylic acids is 1. The number of para-hydroxylation sites is 1. The number of urea groups is 1. The first kappa shape index (κ1) is 17.7. The average molecular weight is 373 g/mol. The van der Waals surface area contributed by atoms with Gasteiger partial charge in [0.15, 0.2) is 0 Å². The molecule has 9 heteroatoms. The Hall–Kier alpha value is -3.07. The summed E-state index contributed by atoms with van der Waals surface area (Å²) in [5.74, 6) is -0.237. The number of benzene rings is 1. The number of aryl methyl sites for hydroxylation is 1. The zero-order valence-electron chi connectivity index (χ0n) is 14.1. The highest BCUT2D eigenvalue weighted by Crippen LogP contribution is 2.14. The molecule has 0 atom stereocenters. The number of hydrogen-bond acceptors (Lipinski definition) is 4. The molecule has 0 bridgehead atoms. The number of hydrogen-bond donors (Lipinski definition) is 3. The van der Waals surface area contributed by atoms with Gasteiger partial charge in [-0.05, 0) is 36.8 Å². The minimum Gasteiger partial charge on any atom is -0.337 e. The van der Waals surface area contributed by atoms with Crippen molar-refractivity contribution < 1.29 is 13.2 Å². The first-order valence-electron chi connectivity index (χ1n) is 7.97. The lowest BCUT2D eigenvalue weighted by molar-refractivity contribution is 0.252. The van der Waals surface area contributed by atoms with E-state index in [1.54, 1.807) is 41.2 Å². The standard InChI is InChI=1S/C17H19N5O3S/c1-13-4-2-3-5-16(13)20-17(23)18-9-11-26(24,25)21-14-7-10-22-15(12-14)6-8-19-22/h2-8,10,12,21H,9,11H2,1H3,(H2,18,20,23). The minimum absolute atomic E-state index is 0.0119. The predicted octanol–water partition coefficient (Wildman–Crippen LogP) is 2.21. The second kappa shape index (κ2) is 7.44. The number of nitrogens with zero attached hydrogens (tertiary/aromatic N) is 2. The Balaban J connectivity index is 1.51. The SMILES string of the molecule is Cc1ccccc1NC(=O)NCCS(=O)(=O)Nc1ccn2nccc2c1. The van der Waals surface area contributed by atoms with Crippen molar-refractivity contribution in [3.05, 3.63) is 60.4 Å². The Morgan fingerprint density at radius 1 is 1.19 bits per heavy atom. The van der Waals surface area contributed by atoms with Crippen LogP contribution >= 0.6 is 0 Å². The third-order valence-electron chi connectivity index (χ3n) is 3.72. The lowest BCUT2D eigenvalue weighted by Gasteiger charge is -2.11. The van der Waals surface area contributed by atoms with Crippen LogP contribution in [0.15, 0.2) is 54.9 Å². The Morgan fingerprint density at radius 2 is 2.00 bits per heavy atom. The van der Waals surface area contributed by atoms with Crippen LogP contribution in [0.5, 0.6) is 0 Å². The molecule has 2 heterocycles. The zero-order valence-corrected chi connectivity index (χ0v) is 15.0. The molecule has 0 unspecified atom stereocenters. The molecular weight excluding hydrogens is 354 g/mol. The third kappa shape index (κ3) is 4.51. The summed E-state index contributed by atoms with van der Waals surface area (Å²) in [6.45, 7) is 1.86. The molecule has 3 aromatic rings. The number of carbonyl (C=O) groups is 1. The smallest absolute Gasteiger partial charge is 0.319 e. The summed E-state index contributed by atoms with van der Waals surface area (Å²) in [5, 5.41) is 9.28. The molecule has 0 fully saturated rings. The van der Waals surface area contributed by atoms with E-state index in [0.717, 1.165) is 11.1 Å². The fraction of sp³-hybridized carbons (Fsp3) is 0.176. The van der Waals surface area contributed by atoms with Gasteiger partial charge < -0.3 is 10.6 Å². The number of rotatable bonds is 6. The van der Waals surface area contributed by atoms with Gasteiger partial charge in [0.2, 0.25) is 10.0 Å². The van der Waals surface area contributed by atoms with E-state index in [-0.39, 0.29) is 12.3 Å². The molecule has 136 valence electrons. The Bertz CT molecular complexity index is 1030. The van der Waals surface area contributed by atoms with Gasteiger partial charge in [0.25, 0.3) is 0 Å². The fourth-order valence-corrected chi connectivity index (χ4v) is 3.35. The lowest BCUT2D eigenvalue weighted by atomic mass is 10.2. The van der Waals surface area contributed by atoms with E-state index in [4.69, 9.17) is 0 Å². The van der Waals surface area contributed by atoms with Crippen LogP contribution < -0.4 is 15.4 Å². The minimum atomic E-state index is -3.59.